The van der Waals surface area contributed by atoms with Crippen LogP contribution in [0.1, 0.15) is 15.9 Å². The van der Waals surface area contributed by atoms with Gasteiger partial charge in [0.1, 0.15) is 5.82 Å². The number of aromatic amines is 1. The lowest BCUT2D eigenvalue weighted by Gasteiger charge is -2.04. The van der Waals surface area contributed by atoms with Crippen molar-refractivity contribution in [2.45, 2.75) is 0 Å². The minimum Gasteiger partial charge on any atom is -0.354 e. The lowest BCUT2D eigenvalue weighted by molar-refractivity contribution is 0.105. The van der Waals surface area contributed by atoms with Gasteiger partial charge in [0.25, 0.3) is 0 Å². The second kappa shape index (κ2) is 7.63. The van der Waals surface area contributed by atoms with E-state index in [-0.39, 0.29) is 10.8 Å². The van der Waals surface area contributed by atoms with Crippen LogP contribution in [0.2, 0.25) is 10.0 Å². The summed E-state index contributed by atoms with van der Waals surface area (Å²) in [5.74, 6) is -0.667. The highest BCUT2D eigenvalue weighted by Crippen LogP contribution is 2.33. The summed E-state index contributed by atoms with van der Waals surface area (Å²) < 4.78 is 13.6. The molecular formula is C23H14Cl2FNO. The summed E-state index contributed by atoms with van der Waals surface area (Å²) >= 11 is 11.9. The molecule has 0 aliphatic rings. The average Bonchev–Trinajstić information content (AvgIpc) is 3.09. The van der Waals surface area contributed by atoms with Gasteiger partial charge in [0.05, 0.1) is 16.3 Å². The molecular weight excluding hydrogens is 396 g/mol. The zero-order chi connectivity index (χ0) is 19.7. The Hall–Kier alpha value is -2.88. The predicted molar refractivity (Wildman–Crippen MR) is 114 cm³/mol. The largest absolute Gasteiger partial charge is 0.354 e. The second-order valence-electron chi connectivity index (χ2n) is 6.30. The molecule has 0 amide bonds. The maximum absolute atomic E-state index is 13.6. The first-order chi connectivity index (χ1) is 13.5. The maximum atomic E-state index is 13.6. The van der Waals surface area contributed by atoms with Gasteiger partial charge in [0.2, 0.25) is 0 Å². The first kappa shape index (κ1) is 18.5. The van der Waals surface area contributed by atoms with Crippen LogP contribution in [0.5, 0.6) is 0 Å². The Bertz CT molecular complexity index is 1210. The van der Waals surface area contributed by atoms with Crippen LogP contribution in [0.15, 0.2) is 72.8 Å². The third-order valence-electron chi connectivity index (χ3n) is 4.46. The highest BCUT2D eigenvalue weighted by Gasteiger charge is 2.18. The van der Waals surface area contributed by atoms with E-state index in [1.165, 1.54) is 18.2 Å². The van der Waals surface area contributed by atoms with Gasteiger partial charge in [-0.3, -0.25) is 4.79 Å². The van der Waals surface area contributed by atoms with Crippen molar-refractivity contribution in [3.05, 3.63) is 99.8 Å². The monoisotopic (exact) mass is 409 g/mol. The summed E-state index contributed by atoms with van der Waals surface area (Å²) in [4.78, 5) is 16.3. The fourth-order valence-electron chi connectivity index (χ4n) is 3.10. The molecule has 0 atom stereocenters. The third kappa shape index (κ3) is 3.59. The van der Waals surface area contributed by atoms with E-state index in [2.05, 4.69) is 4.98 Å². The van der Waals surface area contributed by atoms with E-state index in [1.54, 1.807) is 24.3 Å². The van der Waals surface area contributed by atoms with Crippen LogP contribution in [0.25, 0.3) is 28.2 Å². The number of halogens is 3. The number of rotatable bonds is 4. The van der Waals surface area contributed by atoms with E-state index >= 15 is 0 Å². The highest BCUT2D eigenvalue weighted by atomic mass is 35.5. The van der Waals surface area contributed by atoms with Crippen LogP contribution < -0.4 is 0 Å². The van der Waals surface area contributed by atoms with Crippen LogP contribution in [0, 0.1) is 5.82 Å². The van der Waals surface area contributed by atoms with Crippen LogP contribution in [-0.2, 0) is 0 Å². The highest BCUT2D eigenvalue weighted by molar-refractivity contribution is 6.31. The molecule has 4 rings (SSSR count). The fraction of sp³-hybridized carbons (Fsp3) is 0. The van der Waals surface area contributed by atoms with Gasteiger partial charge >= 0.3 is 0 Å². The Balaban J connectivity index is 1.81. The number of hydrogen-bond donors (Lipinski definition) is 1. The molecule has 1 N–H and O–H groups in total. The van der Waals surface area contributed by atoms with Crippen molar-refractivity contribution in [2.75, 3.05) is 0 Å². The lowest BCUT2D eigenvalue weighted by atomic mass is 10.0. The van der Waals surface area contributed by atoms with E-state index in [0.717, 1.165) is 16.5 Å². The molecule has 2 nitrogen and oxygen atoms in total. The zero-order valence-electron chi connectivity index (χ0n) is 14.5. The molecule has 138 valence electrons. The number of carbonyl (C=O) groups excluding carboxylic acids is 1. The maximum Gasteiger partial charge on any atom is 0.188 e. The van der Waals surface area contributed by atoms with Gasteiger partial charge < -0.3 is 4.98 Å². The van der Waals surface area contributed by atoms with Gasteiger partial charge in [0, 0.05) is 21.5 Å². The van der Waals surface area contributed by atoms with Gasteiger partial charge in [-0.15, -0.1) is 0 Å². The topological polar surface area (TPSA) is 32.9 Å². The molecule has 0 spiro atoms. The molecule has 0 fully saturated rings. The van der Waals surface area contributed by atoms with E-state index in [4.69, 9.17) is 23.2 Å². The van der Waals surface area contributed by atoms with Crippen LogP contribution in [0.3, 0.4) is 0 Å². The molecule has 5 heteroatoms. The van der Waals surface area contributed by atoms with Crippen molar-refractivity contribution in [1.29, 1.82) is 0 Å². The predicted octanol–water partition coefficient (Wildman–Crippen LogP) is 7.18. The first-order valence-electron chi connectivity index (χ1n) is 8.57. The molecule has 28 heavy (non-hydrogen) atoms. The average molecular weight is 410 g/mol. The Kier molecular flexibility index (Phi) is 5.03. The molecule has 4 aromatic rings. The van der Waals surface area contributed by atoms with E-state index in [0.29, 0.717) is 21.8 Å². The van der Waals surface area contributed by atoms with Crippen molar-refractivity contribution in [3.8, 4) is 11.3 Å². The normalized spacial score (nSPS) is 11.4. The summed E-state index contributed by atoms with van der Waals surface area (Å²) in [6.07, 6.45) is 3.26. The molecule has 1 heterocycles. The van der Waals surface area contributed by atoms with Crippen molar-refractivity contribution >= 4 is 46.0 Å². The molecule has 3 aromatic carbocycles. The Morgan fingerprint density at radius 1 is 0.964 bits per heavy atom. The van der Waals surface area contributed by atoms with Crippen LogP contribution in [0.4, 0.5) is 4.39 Å². The Morgan fingerprint density at radius 2 is 1.71 bits per heavy atom. The zero-order valence-corrected chi connectivity index (χ0v) is 16.1. The summed E-state index contributed by atoms with van der Waals surface area (Å²) in [6.45, 7) is 0. The van der Waals surface area contributed by atoms with Gasteiger partial charge in [0.15, 0.2) is 5.78 Å². The quantitative estimate of drug-likeness (QED) is 0.281. The summed E-state index contributed by atoms with van der Waals surface area (Å²) in [5, 5.41) is 1.44. The Morgan fingerprint density at radius 3 is 2.46 bits per heavy atom. The summed E-state index contributed by atoms with van der Waals surface area (Å²) in [5.41, 5.74) is 3.45. The number of ketones is 1. The molecule has 0 saturated heterocycles. The molecule has 0 unspecified atom stereocenters. The molecule has 0 saturated carbocycles. The molecule has 1 aromatic heterocycles. The first-order valence-corrected chi connectivity index (χ1v) is 9.32. The number of allylic oxidation sites excluding steroid dienone is 1. The number of aromatic nitrogens is 1. The standard InChI is InChI=1S/C23H14Cl2FNO/c24-16-9-5-14(6-10-16)7-12-21(28)22-17-3-1-2-4-20(17)27-23(22)15-8-11-19(26)18(25)13-15/h1-13,27H/b12-7+. The minimum atomic E-state index is -0.503. The van der Waals surface area contributed by atoms with Gasteiger partial charge in [-0.2, -0.15) is 0 Å². The van der Waals surface area contributed by atoms with Crippen molar-refractivity contribution in [2.24, 2.45) is 0 Å². The van der Waals surface area contributed by atoms with Crippen molar-refractivity contribution in [3.63, 3.8) is 0 Å². The SMILES string of the molecule is O=C(/C=C/c1ccc(Cl)cc1)c1c(-c2ccc(F)c(Cl)c2)[nH]c2ccccc12. The minimum absolute atomic E-state index is 0.00580. The molecule has 0 aliphatic heterocycles. The summed E-state index contributed by atoms with van der Waals surface area (Å²) in [6, 6.07) is 19.1. The van der Waals surface area contributed by atoms with Crippen molar-refractivity contribution in [1.82, 2.24) is 4.98 Å². The Labute approximate surface area is 171 Å². The number of nitrogens with one attached hydrogen (secondary N) is 1. The second-order valence-corrected chi connectivity index (χ2v) is 7.14. The van der Waals surface area contributed by atoms with Gasteiger partial charge in [-0.25, -0.2) is 4.39 Å². The van der Waals surface area contributed by atoms with Crippen LogP contribution >= 0.6 is 23.2 Å². The fourth-order valence-corrected chi connectivity index (χ4v) is 3.40. The van der Waals surface area contributed by atoms with Gasteiger partial charge in [-0.1, -0.05) is 59.6 Å². The third-order valence-corrected chi connectivity index (χ3v) is 5.00. The summed E-state index contributed by atoms with van der Waals surface area (Å²) in [7, 11) is 0. The van der Waals surface area contributed by atoms with Crippen molar-refractivity contribution < 1.29 is 9.18 Å². The van der Waals surface area contributed by atoms with E-state index in [1.807, 2.05) is 36.4 Å². The molecule has 0 aliphatic carbocycles. The van der Waals surface area contributed by atoms with E-state index in [9.17, 15) is 9.18 Å². The van der Waals surface area contributed by atoms with Crippen LogP contribution in [-0.4, -0.2) is 10.8 Å². The number of para-hydroxylation sites is 1. The lowest BCUT2D eigenvalue weighted by Crippen LogP contribution is -1.96. The number of hydrogen-bond acceptors (Lipinski definition) is 1. The number of benzene rings is 3. The number of fused-ring (bicyclic) bond motifs is 1. The number of H-pyrrole nitrogens is 1. The van der Waals surface area contributed by atoms with Gasteiger partial charge in [-0.05, 0) is 48.0 Å². The smallest absolute Gasteiger partial charge is 0.188 e. The molecule has 0 radical (unpaired) electrons. The molecule has 0 bridgehead atoms. The van der Waals surface area contributed by atoms with E-state index < -0.39 is 5.82 Å². The number of carbonyl (C=O) groups is 1.